The van der Waals surface area contributed by atoms with E-state index in [0.717, 1.165) is 41.0 Å². The summed E-state index contributed by atoms with van der Waals surface area (Å²) < 4.78 is 5.78. The van der Waals surface area contributed by atoms with Crippen molar-refractivity contribution >= 4 is 28.9 Å². The third-order valence-electron chi connectivity index (χ3n) is 3.53. The van der Waals surface area contributed by atoms with E-state index in [4.69, 9.17) is 33.1 Å². The van der Waals surface area contributed by atoms with Crippen molar-refractivity contribution in [3.8, 4) is 5.75 Å². The van der Waals surface area contributed by atoms with Crippen LogP contribution in [-0.4, -0.2) is 10.9 Å². The van der Waals surface area contributed by atoms with Crippen LogP contribution in [0.5, 0.6) is 5.75 Å². The topological polar surface area (TPSA) is 41.8 Å². The first-order valence-corrected chi connectivity index (χ1v) is 7.34. The number of hydrogen-bond acceptors (Lipinski definition) is 3. The van der Waals surface area contributed by atoms with Crippen LogP contribution in [0.3, 0.4) is 0 Å². The maximum atomic E-state index is 8.92. The number of rotatable bonds is 3. The standard InChI is InChI=1S/C16H13Cl2NO2/c17-14-5-1-10(7-15(14)18)9-21-12-3-4-13-11(8-12)2-6-16(13)19-20/h1,3-5,7-8,20H,2,6,9H2/b19-16-. The maximum Gasteiger partial charge on any atom is 0.120 e. The number of halogens is 2. The zero-order valence-corrected chi connectivity index (χ0v) is 12.7. The van der Waals surface area contributed by atoms with E-state index in [1.54, 1.807) is 12.1 Å². The van der Waals surface area contributed by atoms with Gasteiger partial charge < -0.3 is 9.94 Å². The van der Waals surface area contributed by atoms with Gasteiger partial charge in [0.05, 0.1) is 15.8 Å². The first-order valence-electron chi connectivity index (χ1n) is 6.58. The Hall–Kier alpha value is -1.71. The summed E-state index contributed by atoms with van der Waals surface area (Å²) in [7, 11) is 0. The van der Waals surface area contributed by atoms with E-state index in [0.29, 0.717) is 16.7 Å². The molecule has 0 fully saturated rings. The van der Waals surface area contributed by atoms with Crippen molar-refractivity contribution in [3.05, 3.63) is 63.1 Å². The number of hydrogen-bond donors (Lipinski definition) is 1. The fourth-order valence-electron chi connectivity index (χ4n) is 2.44. The first-order chi connectivity index (χ1) is 10.2. The minimum atomic E-state index is 0.427. The van der Waals surface area contributed by atoms with Gasteiger partial charge in [0, 0.05) is 5.56 Å². The van der Waals surface area contributed by atoms with Crippen molar-refractivity contribution in [1.82, 2.24) is 0 Å². The summed E-state index contributed by atoms with van der Waals surface area (Å²) in [5, 5.41) is 13.3. The lowest BCUT2D eigenvalue weighted by molar-refractivity contribution is 0.306. The van der Waals surface area contributed by atoms with E-state index in [1.165, 1.54) is 0 Å². The number of fused-ring (bicyclic) bond motifs is 1. The van der Waals surface area contributed by atoms with Crippen LogP contribution in [0.2, 0.25) is 10.0 Å². The van der Waals surface area contributed by atoms with Crippen LogP contribution in [0, 0.1) is 0 Å². The Balaban J connectivity index is 1.73. The molecule has 0 saturated carbocycles. The highest BCUT2D eigenvalue weighted by Crippen LogP contribution is 2.28. The molecule has 0 unspecified atom stereocenters. The van der Waals surface area contributed by atoms with Gasteiger partial charge in [-0.25, -0.2) is 0 Å². The van der Waals surface area contributed by atoms with Crippen molar-refractivity contribution in [3.63, 3.8) is 0 Å². The van der Waals surface area contributed by atoms with Crippen LogP contribution in [0.1, 0.15) is 23.1 Å². The normalized spacial score (nSPS) is 15.2. The van der Waals surface area contributed by atoms with E-state index < -0.39 is 0 Å². The SMILES string of the molecule is O/N=C1/CCc2cc(OCc3ccc(Cl)c(Cl)c3)ccc21. The number of nitrogens with zero attached hydrogens (tertiary/aromatic N) is 1. The molecular formula is C16H13Cl2NO2. The minimum Gasteiger partial charge on any atom is -0.489 e. The quantitative estimate of drug-likeness (QED) is 0.657. The van der Waals surface area contributed by atoms with Crippen LogP contribution >= 0.6 is 23.2 Å². The highest BCUT2D eigenvalue weighted by Gasteiger charge is 2.18. The van der Waals surface area contributed by atoms with Gasteiger partial charge in [-0.05, 0) is 54.3 Å². The Morgan fingerprint density at radius 2 is 1.90 bits per heavy atom. The molecule has 1 aliphatic carbocycles. The zero-order valence-electron chi connectivity index (χ0n) is 11.1. The van der Waals surface area contributed by atoms with Crippen LogP contribution in [0.15, 0.2) is 41.6 Å². The Labute approximate surface area is 132 Å². The second kappa shape index (κ2) is 5.96. The summed E-state index contributed by atoms with van der Waals surface area (Å²) in [5.41, 5.74) is 3.84. The molecule has 5 heteroatoms. The number of aryl methyl sites for hydroxylation is 1. The van der Waals surface area contributed by atoms with E-state index in [2.05, 4.69) is 5.16 Å². The van der Waals surface area contributed by atoms with E-state index in [-0.39, 0.29) is 0 Å². The monoisotopic (exact) mass is 321 g/mol. The fourth-order valence-corrected chi connectivity index (χ4v) is 2.76. The second-order valence-electron chi connectivity index (χ2n) is 4.90. The summed E-state index contributed by atoms with van der Waals surface area (Å²) >= 11 is 11.9. The Morgan fingerprint density at radius 3 is 2.67 bits per heavy atom. The van der Waals surface area contributed by atoms with E-state index in [1.807, 2.05) is 24.3 Å². The van der Waals surface area contributed by atoms with Crippen molar-refractivity contribution in [2.75, 3.05) is 0 Å². The van der Waals surface area contributed by atoms with Crippen LogP contribution in [0.4, 0.5) is 0 Å². The van der Waals surface area contributed by atoms with E-state index >= 15 is 0 Å². The van der Waals surface area contributed by atoms with Crippen LogP contribution in [-0.2, 0) is 13.0 Å². The summed E-state index contributed by atoms with van der Waals surface area (Å²) in [5.74, 6) is 0.791. The summed E-state index contributed by atoms with van der Waals surface area (Å²) in [6.07, 6.45) is 1.64. The Bertz CT molecular complexity index is 713. The molecule has 0 atom stereocenters. The van der Waals surface area contributed by atoms with Gasteiger partial charge in [-0.1, -0.05) is 34.4 Å². The molecule has 0 spiro atoms. The molecule has 0 bridgehead atoms. The number of oxime groups is 1. The Morgan fingerprint density at radius 1 is 1.05 bits per heavy atom. The minimum absolute atomic E-state index is 0.427. The van der Waals surface area contributed by atoms with Crippen molar-refractivity contribution < 1.29 is 9.94 Å². The molecule has 0 amide bonds. The molecule has 108 valence electrons. The summed E-state index contributed by atoms with van der Waals surface area (Å²) in [6, 6.07) is 11.3. The number of benzene rings is 2. The zero-order chi connectivity index (χ0) is 14.8. The predicted octanol–water partition coefficient (Wildman–Crippen LogP) is 4.70. The van der Waals surface area contributed by atoms with Crippen molar-refractivity contribution in [2.45, 2.75) is 19.4 Å². The molecule has 0 heterocycles. The van der Waals surface area contributed by atoms with Crippen LogP contribution in [0.25, 0.3) is 0 Å². The molecule has 3 nitrogen and oxygen atoms in total. The van der Waals surface area contributed by atoms with Gasteiger partial charge in [-0.2, -0.15) is 0 Å². The fraction of sp³-hybridized carbons (Fsp3) is 0.188. The average Bonchev–Trinajstić information content (AvgIpc) is 2.90. The van der Waals surface area contributed by atoms with Crippen molar-refractivity contribution in [1.29, 1.82) is 0 Å². The van der Waals surface area contributed by atoms with Crippen molar-refractivity contribution in [2.24, 2.45) is 5.16 Å². The van der Waals surface area contributed by atoms with Gasteiger partial charge in [-0.15, -0.1) is 0 Å². The lowest BCUT2D eigenvalue weighted by Crippen LogP contribution is -1.97. The molecule has 1 N–H and O–H groups in total. The predicted molar refractivity (Wildman–Crippen MR) is 83.9 cm³/mol. The summed E-state index contributed by atoms with van der Waals surface area (Å²) in [4.78, 5) is 0. The van der Waals surface area contributed by atoms with Gasteiger partial charge in [0.1, 0.15) is 12.4 Å². The number of ether oxygens (including phenoxy) is 1. The second-order valence-corrected chi connectivity index (χ2v) is 5.72. The van der Waals surface area contributed by atoms with Gasteiger partial charge >= 0.3 is 0 Å². The molecule has 0 aromatic heterocycles. The third kappa shape index (κ3) is 2.99. The lowest BCUT2D eigenvalue weighted by Gasteiger charge is -2.09. The van der Waals surface area contributed by atoms with Gasteiger partial charge in [0.2, 0.25) is 0 Å². The molecule has 0 saturated heterocycles. The smallest absolute Gasteiger partial charge is 0.120 e. The first kappa shape index (κ1) is 14.2. The molecule has 3 rings (SSSR count). The van der Waals surface area contributed by atoms with Gasteiger partial charge in [0.15, 0.2) is 0 Å². The summed E-state index contributed by atoms with van der Waals surface area (Å²) in [6.45, 7) is 0.427. The molecule has 2 aromatic carbocycles. The highest BCUT2D eigenvalue weighted by molar-refractivity contribution is 6.42. The maximum absolute atomic E-state index is 8.92. The van der Waals surface area contributed by atoms with Crippen LogP contribution < -0.4 is 4.74 Å². The van der Waals surface area contributed by atoms with Gasteiger partial charge in [-0.3, -0.25) is 0 Å². The highest BCUT2D eigenvalue weighted by atomic mass is 35.5. The molecule has 0 radical (unpaired) electrons. The van der Waals surface area contributed by atoms with E-state index in [9.17, 15) is 0 Å². The largest absolute Gasteiger partial charge is 0.489 e. The molecule has 2 aromatic rings. The molecule has 1 aliphatic rings. The third-order valence-corrected chi connectivity index (χ3v) is 4.27. The molecule has 0 aliphatic heterocycles. The average molecular weight is 322 g/mol. The lowest BCUT2D eigenvalue weighted by atomic mass is 10.1. The van der Waals surface area contributed by atoms with Gasteiger partial charge in [0.25, 0.3) is 0 Å². The Kier molecular flexibility index (Phi) is 4.04. The molecule has 21 heavy (non-hydrogen) atoms. The molecular weight excluding hydrogens is 309 g/mol.